The van der Waals surface area contributed by atoms with Crippen molar-refractivity contribution in [2.75, 3.05) is 0 Å². The van der Waals surface area contributed by atoms with Gasteiger partial charge in [-0.05, 0) is 6.07 Å². The SMILES string of the molecule is O=C(CCc1cn(Cc2cnccn2)nn1)c1n[nH]c2ccccc12. The molecule has 0 radical (unpaired) electrons. The lowest BCUT2D eigenvalue weighted by Gasteiger charge is -1.98. The summed E-state index contributed by atoms with van der Waals surface area (Å²) in [6.45, 7) is 0.499. The Kier molecular flexibility index (Phi) is 3.99. The lowest BCUT2D eigenvalue weighted by molar-refractivity contribution is 0.0979. The van der Waals surface area contributed by atoms with E-state index in [0.29, 0.717) is 25.1 Å². The van der Waals surface area contributed by atoms with Gasteiger partial charge in [0.05, 0.1) is 29.6 Å². The van der Waals surface area contributed by atoms with Crippen molar-refractivity contribution in [2.24, 2.45) is 0 Å². The summed E-state index contributed by atoms with van der Waals surface area (Å²) in [4.78, 5) is 20.7. The molecule has 1 N–H and O–H groups in total. The van der Waals surface area contributed by atoms with Crippen molar-refractivity contribution >= 4 is 16.7 Å². The predicted molar refractivity (Wildman–Crippen MR) is 89.9 cm³/mol. The fourth-order valence-electron chi connectivity index (χ4n) is 2.64. The van der Waals surface area contributed by atoms with E-state index in [9.17, 15) is 4.79 Å². The lowest BCUT2D eigenvalue weighted by Crippen LogP contribution is -2.03. The first-order valence-corrected chi connectivity index (χ1v) is 7.90. The predicted octanol–water partition coefficient (Wildman–Crippen LogP) is 1.81. The number of ketones is 1. The summed E-state index contributed by atoms with van der Waals surface area (Å²) >= 11 is 0. The van der Waals surface area contributed by atoms with Crippen LogP contribution in [0.2, 0.25) is 0 Å². The first-order chi connectivity index (χ1) is 12.3. The highest BCUT2D eigenvalue weighted by Gasteiger charge is 2.14. The highest BCUT2D eigenvalue weighted by atomic mass is 16.1. The van der Waals surface area contributed by atoms with E-state index in [1.165, 1.54) is 0 Å². The molecule has 3 aromatic heterocycles. The molecule has 0 aliphatic carbocycles. The van der Waals surface area contributed by atoms with Crippen LogP contribution in [-0.2, 0) is 13.0 Å². The number of para-hydroxylation sites is 1. The number of aromatic amines is 1. The van der Waals surface area contributed by atoms with Crippen LogP contribution in [0.15, 0.2) is 49.1 Å². The van der Waals surface area contributed by atoms with Crippen molar-refractivity contribution in [3.8, 4) is 0 Å². The van der Waals surface area contributed by atoms with Gasteiger partial charge in [-0.2, -0.15) is 5.10 Å². The van der Waals surface area contributed by atoms with Gasteiger partial charge in [0.2, 0.25) is 0 Å². The number of nitrogens with one attached hydrogen (secondary N) is 1. The number of hydrogen-bond acceptors (Lipinski definition) is 6. The van der Waals surface area contributed by atoms with E-state index in [1.807, 2.05) is 30.5 Å². The Hall–Kier alpha value is -3.42. The molecule has 0 fully saturated rings. The quantitative estimate of drug-likeness (QED) is 0.540. The van der Waals surface area contributed by atoms with E-state index < -0.39 is 0 Å². The fourth-order valence-corrected chi connectivity index (χ4v) is 2.64. The standard InChI is InChI=1S/C17H15N7O/c25-16(17-14-3-1-2-4-15(14)21-22-17)6-5-12-10-24(23-20-12)11-13-9-18-7-8-19-13/h1-4,7-10H,5-6,11H2,(H,21,22). The van der Waals surface area contributed by atoms with Crippen molar-refractivity contribution in [1.82, 2.24) is 35.2 Å². The van der Waals surface area contributed by atoms with Crippen molar-refractivity contribution in [2.45, 2.75) is 19.4 Å². The maximum Gasteiger partial charge on any atom is 0.184 e. The molecule has 0 aliphatic rings. The molecule has 0 amide bonds. The minimum absolute atomic E-state index is 0.0130. The molecular formula is C17H15N7O. The van der Waals surface area contributed by atoms with E-state index >= 15 is 0 Å². The summed E-state index contributed by atoms with van der Waals surface area (Å²) in [5.41, 5.74) is 2.90. The minimum Gasteiger partial charge on any atom is -0.292 e. The van der Waals surface area contributed by atoms with E-state index in [4.69, 9.17) is 0 Å². The second-order valence-corrected chi connectivity index (χ2v) is 5.65. The number of carbonyl (C=O) groups excluding carboxylic acids is 1. The van der Waals surface area contributed by atoms with Crippen LogP contribution in [0, 0.1) is 0 Å². The third-order valence-corrected chi connectivity index (χ3v) is 3.87. The maximum atomic E-state index is 12.4. The minimum atomic E-state index is -0.0130. The van der Waals surface area contributed by atoms with Gasteiger partial charge < -0.3 is 0 Å². The number of Topliss-reactive ketones (excluding diaryl/α,β-unsaturated/α-hetero) is 1. The summed E-state index contributed by atoms with van der Waals surface area (Å²) in [6.07, 6.45) is 7.62. The normalized spacial score (nSPS) is 11.0. The molecule has 8 nitrogen and oxygen atoms in total. The molecule has 0 saturated heterocycles. The van der Waals surface area contributed by atoms with Gasteiger partial charge in [0, 0.05) is 36.8 Å². The van der Waals surface area contributed by atoms with Crippen LogP contribution >= 0.6 is 0 Å². The number of aryl methyl sites for hydroxylation is 1. The Balaban J connectivity index is 1.41. The number of aromatic nitrogens is 7. The maximum absolute atomic E-state index is 12.4. The first-order valence-electron chi connectivity index (χ1n) is 7.90. The third-order valence-electron chi connectivity index (χ3n) is 3.87. The van der Waals surface area contributed by atoms with Crippen LogP contribution in [0.3, 0.4) is 0 Å². The molecule has 4 aromatic rings. The van der Waals surface area contributed by atoms with Crippen molar-refractivity contribution < 1.29 is 4.79 Å². The van der Waals surface area contributed by atoms with Gasteiger partial charge in [-0.15, -0.1) is 5.10 Å². The molecule has 0 unspecified atom stereocenters. The molecule has 4 rings (SSSR count). The summed E-state index contributed by atoms with van der Waals surface area (Å²) in [7, 11) is 0. The number of rotatable bonds is 6. The van der Waals surface area contributed by atoms with Crippen LogP contribution in [0.25, 0.3) is 10.9 Å². The number of fused-ring (bicyclic) bond motifs is 1. The third kappa shape index (κ3) is 3.27. The van der Waals surface area contributed by atoms with E-state index in [1.54, 1.807) is 23.3 Å². The van der Waals surface area contributed by atoms with Crippen LogP contribution in [0.5, 0.6) is 0 Å². The van der Waals surface area contributed by atoms with Gasteiger partial charge in [0.15, 0.2) is 5.78 Å². The molecule has 1 aromatic carbocycles. The average molecular weight is 333 g/mol. The molecular weight excluding hydrogens is 318 g/mol. The first kappa shape index (κ1) is 15.1. The average Bonchev–Trinajstić information content (AvgIpc) is 3.27. The van der Waals surface area contributed by atoms with Crippen LogP contribution in [-0.4, -0.2) is 40.9 Å². The van der Waals surface area contributed by atoms with Crippen molar-refractivity contribution in [3.05, 3.63) is 66.1 Å². The number of carbonyl (C=O) groups is 1. The van der Waals surface area contributed by atoms with Crippen molar-refractivity contribution in [3.63, 3.8) is 0 Å². The molecule has 0 aliphatic heterocycles. The second kappa shape index (κ2) is 6.60. The van der Waals surface area contributed by atoms with Crippen LogP contribution < -0.4 is 0 Å². The Morgan fingerprint density at radius 3 is 2.96 bits per heavy atom. The van der Waals surface area contributed by atoms with Gasteiger partial charge in [-0.25, -0.2) is 4.68 Å². The lowest BCUT2D eigenvalue weighted by atomic mass is 10.1. The Labute approximate surface area is 142 Å². The fraction of sp³-hybridized carbons (Fsp3) is 0.176. The number of benzene rings is 1. The smallest absolute Gasteiger partial charge is 0.184 e. The van der Waals surface area contributed by atoms with E-state index in [-0.39, 0.29) is 5.78 Å². The molecule has 0 bridgehead atoms. The summed E-state index contributed by atoms with van der Waals surface area (Å²) in [5, 5.41) is 16.0. The van der Waals surface area contributed by atoms with Gasteiger partial charge in [0.25, 0.3) is 0 Å². The largest absolute Gasteiger partial charge is 0.292 e. The Morgan fingerprint density at radius 1 is 1.16 bits per heavy atom. The zero-order valence-corrected chi connectivity index (χ0v) is 13.3. The van der Waals surface area contributed by atoms with Gasteiger partial charge in [-0.3, -0.25) is 19.9 Å². The summed E-state index contributed by atoms with van der Waals surface area (Å²) in [5.74, 6) is -0.0130. The molecule has 124 valence electrons. The van der Waals surface area contributed by atoms with Gasteiger partial charge in [-0.1, -0.05) is 23.4 Å². The highest BCUT2D eigenvalue weighted by molar-refractivity contribution is 6.05. The Morgan fingerprint density at radius 2 is 2.08 bits per heavy atom. The number of hydrogen-bond donors (Lipinski definition) is 1. The zero-order valence-electron chi connectivity index (χ0n) is 13.3. The Bertz CT molecular complexity index is 1010. The topological polar surface area (TPSA) is 102 Å². The molecule has 0 saturated carbocycles. The van der Waals surface area contributed by atoms with Crippen molar-refractivity contribution in [1.29, 1.82) is 0 Å². The number of nitrogens with zero attached hydrogens (tertiary/aromatic N) is 6. The zero-order chi connectivity index (χ0) is 17.1. The monoisotopic (exact) mass is 333 g/mol. The van der Waals surface area contributed by atoms with Crippen LogP contribution in [0.4, 0.5) is 0 Å². The summed E-state index contributed by atoms with van der Waals surface area (Å²) < 4.78 is 1.69. The highest BCUT2D eigenvalue weighted by Crippen LogP contribution is 2.17. The molecule has 0 spiro atoms. The molecule has 3 heterocycles. The van der Waals surface area contributed by atoms with Crippen LogP contribution in [0.1, 0.15) is 28.3 Å². The van der Waals surface area contributed by atoms with Gasteiger partial charge in [0.1, 0.15) is 5.69 Å². The number of H-pyrrole nitrogens is 1. The molecule has 8 heteroatoms. The van der Waals surface area contributed by atoms with Gasteiger partial charge >= 0.3 is 0 Å². The summed E-state index contributed by atoms with van der Waals surface area (Å²) in [6, 6.07) is 7.59. The molecule has 0 atom stereocenters. The molecule has 25 heavy (non-hydrogen) atoms. The van der Waals surface area contributed by atoms with E-state index in [2.05, 4.69) is 30.5 Å². The van der Waals surface area contributed by atoms with E-state index in [0.717, 1.165) is 22.3 Å². The second-order valence-electron chi connectivity index (χ2n) is 5.65.